The predicted octanol–water partition coefficient (Wildman–Crippen LogP) is 3.10. The van der Waals surface area contributed by atoms with Crippen molar-refractivity contribution in [3.05, 3.63) is 54.9 Å². The van der Waals surface area contributed by atoms with Crippen LogP contribution in [0.3, 0.4) is 0 Å². The van der Waals surface area contributed by atoms with Gasteiger partial charge in [-0.2, -0.15) is 0 Å². The lowest BCUT2D eigenvalue weighted by Crippen LogP contribution is -1.90. The van der Waals surface area contributed by atoms with Gasteiger partial charge in [-0.1, -0.05) is 36.4 Å². The molecule has 0 aliphatic carbocycles. The molecule has 0 aromatic heterocycles. The molecule has 0 bridgehead atoms. The normalized spacial score (nSPS) is 10.1. The number of benzene rings is 2. The fourth-order valence-corrected chi connectivity index (χ4v) is 1.49. The third-order valence-electron chi connectivity index (χ3n) is 2.12. The zero-order valence-corrected chi connectivity index (χ0v) is 9.00. The van der Waals surface area contributed by atoms with E-state index in [0.717, 1.165) is 5.69 Å². The largest absolute Gasteiger partial charge is 0.403 e. The van der Waals surface area contributed by atoms with Crippen LogP contribution in [0.1, 0.15) is 0 Å². The number of anilines is 1. The lowest BCUT2D eigenvalue weighted by atomic mass is 10.1. The molecule has 0 aliphatic rings. The van der Waals surface area contributed by atoms with Crippen LogP contribution in [0.4, 0.5) is 5.69 Å². The minimum Gasteiger partial charge on any atom is -0.403 e. The van der Waals surface area contributed by atoms with Gasteiger partial charge in [-0.15, -0.1) is 12.4 Å². The summed E-state index contributed by atoms with van der Waals surface area (Å²) in [5.74, 6) is 0. The number of fused-ring (bicyclic) bond motifs is 1. The molecule has 2 aromatic carbocycles. The highest BCUT2D eigenvalue weighted by Crippen LogP contribution is 2.22. The van der Waals surface area contributed by atoms with Crippen LogP contribution in [0.5, 0.6) is 0 Å². The zero-order chi connectivity index (χ0) is 9.80. The Morgan fingerprint density at radius 1 is 1.00 bits per heavy atom. The molecule has 0 atom stereocenters. The summed E-state index contributed by atoms with van der Waals surface area (Å²) in [7, 11) is 0. The average molecular weight is 221 g/mol. The number of nitrogens with two attached hydrogens (primary N) is 1. The maximum Gasteiger partial charge on any atom is 0.0459 e. The third-order valence-corrected chi connectivity index (χ3v) is 2.12. The van der Waals surface area contributed by atoms with Gasteiger partial charge >= 0.3 is 0 Å². The van der Waals surface area contributed by atoms with E-state index in [2.05, 4.69) is 23.5 Å². The molecule has 0 heterocycles. The van der Waals surface area contributed by atoms with E-state index in [1.54, 1.807) is 6.20 Å². The zero-order valence-electron chi connectivity index (χ0n) is 8.18. The molecule has 2 rings (SSSR count). The van der Waals surface area contributed by atoms with E-state index in [1.807, 2.05) is 24.3 Å². The predicted molar refractivity (Wildman–Crippen MR) is 68.1 cm³/mol. The van der Waals surface area contributed by atoms with E-state index in [1.165, 1.54) is 17.0 Å². The molecule has 78 valence electrons. The molecule has 0 fully saturated rings. The lowest BCUT2D eigenvalue weighted by Gasteiger charge is -2.05. The Labute approximate surface area is 95.2 Å². The molecule has 0 saturated carbocycles. The second kappa shape index (κ2) is 5.27. The van der Waals surface area contributed by atoms with Gasteiger partial charge in [-0.3, -0.25) is 0 Å². The molecule has 0 aliphatic heterocycles. The van der Waals surface area contributed by atoms with Crippen LogP contribution < -0.4 is 11.1 Å². The first kappa shape index (κ1) is 11.4. The topological polar surface area (TPSA) is 38.0 Å². The minimum absolute atomic E-state index is 0. The van der Waals surface area contributed by atoms with Gasteiger partial charge in [0.05, 0.1) is 0 Å². The Balaban J connectivity index is 0.00000112. The first-order valence-corrected chi connectivity index (χ1v) is 4.53. The van der Waals surface area contributed by atoms with Crippen LogP contribution in [0.25, 0.3) is 10.8 Å². The Morgan fingerprint density at radius 2 is 1.73 bits per heavy atom. The first-order valence-electron chi connectivity index (χ1n) is 4.53. The van der Waals surface area contributed by atoms with E-state index < -0.39 is 0 Å². The Kier molecular flexibility index (Phi) is 4.01. The second-order valence-corrected chi connectivity index (χ2v) is 3.03. The molecular formula is C12H13ClN2. The van der Waals surface area contributed by atoms with Gasteiger partial charge in [-0.05, 0) is 11.5 Å². The van der Waals surface area contributed by atoms with Gasteiger partial charge < -0.3 is 11.1 Å². The SMILES string of the molecule is Cl.NC=CNc1cccc2ccccc12. The van der Waals surface area contributed by atoms with Gasteiger partial charge in [0, 0.05) is 23.5 Å². The van der Waals surface area contributed by atoms with Crippen LogP contribution in [0, 0.1) is 0 Å². The Bertz CT molecular complexity index is 461. The van der Waals surface area contributed by atoms with Crippen molar-refractivity contribution < 1.29 is 0 Å². The highest BCUT2D eigenvalue weighted by Gasteiger charge is 1.96. The molecule has 2 aromatic rings. The standard InChI is InChI=1S/C12H12N2.ClH/c13-8-9-14-12-7-3-5-10-4-1-2-6-11(10)12;/h1-9,14H,13H2;1H. The van der Waals surface area contributed by atoms with Crippen molar-refractivity contribution in [2.24, 2.45) is 5.73 Å². The summed E-state index contributed by atoms with van der Waals surface area (Å²) in [5.41, 5.74) is 6.35. The summed E-state index contributed by atoms with van der Waals surface area (Å²) in [5, 5.41) is 5.56. The second-order valence-electron chi connectivity index (χ2n) is 3.03. The smallest absolute Gasteiger partial charge is 0.0459 e. The fourth-order valence-electron chi connectivity index (χ4n) is 1.49. The maximum absolute atomic E-state index is 5.28. The van der Waals surface area contributed by atoms with Crippen LogP contribution in [-0.2, 0) is 0 Å². The van der Waals surface area contributed by atoms with Crippen molar-refractivity contribution in [3.63, 3.8) is 0 Å². The first-order chi connectivity index (χ1) is 6.92. The van der Waals surface area contributed by atoms with E-state index in [0.29, 0.717) is 0 Å². The van der Waals surface area contributed by atoms with E-state index in [9.17, 15) is 0 Å². The maximum atomic E-state index is 5.28. The van der Waals surface area contributed by atoms with Crippen LogP contribution in [0.15, 0.2) is 54.9 Å². The molecule has 0 radical (unpaired) electrons. The van der Waals surface area contributed by atoms with Crippen LogP contribution >= 0.6 is 12.4 Å². The molecular weight excluding hydrogens is 208 g/mol. The molecule has 3 heteroatoms. The van der Waals surface area contributed by atoms with Gasteiger partial charge in [0.15, 0.2) is 0 Å². The summed E-state index contributed by atoms with van der Waals surface area (Å²) in [6.45, 7) is 0. The van der Waals surface area contributed by atoms with Crippen LogP contribution in [-0.4, -0.2) is 0 Å². The summed E-state index contributed by atoms with van der Waals surface area (Å²) in [4.78, 5) is 0. The monoisotopic (exact) mass is 220 g/mol. The highest BCUT2D eigenvalue weighted by molar-refractivity contribution is 5.94. The molecule has 3 N–H and O–H groups in total. The number of rotatable bonds is 2. The van der Waals surface area contributed by atoms with Crippen LogP contribution in [0.2, 0.25) is 0 Å². The summed E-state index contributed by atoms with van der Waals surface area (Å²) in [6, 6.07) is 14.4. The quantitative estimate of drug-likeness (QED) is 0.816. The molecule has 0 spiro atoms. The molecule has 2 nitrogen and oxygen atoms in total. The van der Waals surface area contributed by atoms with Crippen molar-refractivity contribution in [1.82, 2.24) is 0 Å². The molecule has 15 heavy (non-hydrogen) atoms. The van der Waals surface area contributed by atoms with Crippen molar-refractivity contribution in [1.29, 1.82) is 0 Å². The Hall–Kier alpha value is -1.67. The van der Waals surface area contributed by atoms with Gasteiger partial charge in [0.2, 0.25) is 0 Å². The van der Waals surface area contributed by atoms with E-state index in [4.69, 9.17) is 5.73 Å². The molecule has 0 unspecified atom stereocenters. The number of nitrogens with one attached hydrogen (secondary N) is 1. The van der Waals surface area contributed by atoms with Gasteiger partial charge in [0.1, 0.15) is 0 Å². The lowest BCUT2D eigenvalue weighted by molar-refractivity contribution is 1.53. The van der Waals surface area contributed by atoms with Crippen molar-refractivity contribution in [2.75, 3.05) is 5.32 Å². The van der Waals surface area contributed by atoms with Crippen molar-refractivity contribution in [3.8, 4) is 0 Å². The number of hydrogen-bond donors (Lipinski definition) is 2. The van der Waals surface area contributed by atoms with Crippen molar-refractivity contribution >= 4 is 28.9 Å². The van der Waals surface area contributed by atoms with Gasteiger partial charge in [-0.25, -0.2) is 0 Å². The average Bonchev–Trinajstić information content (AvgIpc) is 2.26. The van der Waals surface area contributed by atoms with E-state index >= 15 is 0 Å². The minimum atomic E-state index is 0. The fraction of sp³-hybridized carbons (Fsp3) is 0. The highest BCUT2D eigenvalue weighted by atomic mass is 35.5. The molecule has 0 saturated heterocycles. The number of halogens is 1. The summed E-state index contributed by atoms with van der Waals surface area (Å²) < 4.78 is 0. The van der Waals surface area contributed by atoms with Crippen molar-refractivity contribution in [2.45, 2.75) is 0 Å². The Morgan fingerprint density at radius 3 is 2.53 bits per heavy atom. The summed E-state index contributed by atoms with van der Waals surface area (Å²) >= 11 is 0. The summed E-state index contributed by atoms with van der Waals surface area (Å²) in [6.07, 6.45) is 3.21. The number of hydrogen-bond acceptors (Lipinski definition) is 2. The van der Waals surface area contributed by atoms with Gasteiger partial charge in [0.25, 0.3) is 0 Å². The third kappa shape index (κ3) is 2.42. The molecule has 0 amide bonds. The van der Waals surface area contributed by atoms with E-state index in [-0.39, 0.29) is 12.4 Å².